The topological polar surface area (TPSA) is 32.8 Å². The van der Waals surface area contributed by atoms with Crippen LogP contribution in [0, 0.1) is 5.92 Å². The van der Waals surface area contributed by atoms with Gasteiger partial charge >= 0.3 is 0 Å². The van der Waals surface area contributed by atoms with Crippen LogP contribution in [0.3, 0.4) is 0 Å². The summed E-state index contributed by atoms with van der Waals surface area (Å²) in [6, 6.07) is 59.4. The van der Waals surface area contributed by atoms with E-state index in [1.807, 2.05) is 0 Å². The molecule has 248 valence electrons. The number of hydrogen-bond donors (Lipinski definition) is 2. The van der Waals surface area contributed by atoms with Crippen LogP contribution in [0.25, 0.3) is 77.9 Å². The van der Waals surface area contributed by atoms with Crippen molar-refractivity contribution in [2.75, 3.05) is 5.32 Å². The first-order valence-corrected chi connectivity index (χ1v) is 18.1. The molecule has 3 heteroatoms. The first-order valence-electron chi connectivity index (χ1n) is 18.1. The average molecular weight is 668 g/mol. The van der Waals surface area contributed by atoms with Crippen molar-refractivity contribution in [2.24, 2.45) is 5.92 Å². The maximum absolute atomic E-state index is 3.73. The summed E-state index contributed by atoms with van der Waals surface area (Å²) in [7, 11) is 0. The van der Waals surface area contributed by atoms with Crippen LogP contribution in [0.5, 0.6) is 0 Å². The largest absolute Gasteiger partial charge is 0.355 e. The highest BCUT2D eigenvalue weighted by molar-refractivity contribution is 6.10. The third-order valence-corrected chi connectivity index (χ3v) is 10.7. The fourth-order valence-electron chi connectivity index (χ4n) is 8.06. The monoisotopic (exact) mass is 667 g/mol. The number of allylic oxidation sites excluding steroid dienone is 1. The summed E-state index contributed by atoms with van der Waals surface area (Å²) >= 11 is 0. The number of aromatic amines is 1. The number of H-pyrrole nitrogens is 1. The normalized spacial score (nSPS) is 13.9. The van der Waals surface area contributed by atoms with Crippen LogP contribution >= 0.6 is 0 Å². The Morgan fingerprint density at radius 2 is 1.21 bits per heavy atom. The molecule has 0 amide bonds. The van der Waals surface area contributed by atoms with Crippen LogP contribution in [-0.4, -0.2) is 9.55 Å². The number of nitrogens with zero attached hydrogens (tertiary/aromatic N) is 1. The standard InChI is InChI=1S/C49H37N3/c1-32-16-24-46-42(28-32)43-31-37(20-26-47(43)51-46)41-29-35(19-25-45(41)50-38-12-6-3-7-13-38)36-21-27-49-44(30-36)40-14-8-9-15-48(40)52(49)39-22-17-34(18-23-39)33-10-4-2-5-11-33/h2-27,29-32,50-51H,28H2,1H3. The Bertz CT molecular complexity index is 2780. The van der Waals surface area contributed by atoms with Crippen molar-refractivity contribution < 1.29 is 0 Å². The number of fused-ring (bicyclic) bond motifs is 6. The zero-order valence-corrected chi connectivity index (χ0v) is 29.0. The lowest BCUT2D eigenvalue weighted by molar-refractivity contribution is 0.720. The lowest BCUT2D eigenvalue weighted by atomic mass is 9.91. The Morgan fingerprint density at radius 3 is 2.06 bits per heavy atom. The first-order chi connectivity index (χ1) is 25.7. The van der Waals surface area contributed by atoms with Gasteiger partial charge in [-0.15, -0.1) is 0 Å². The van der Waals surface area contributed by atoms with Crippen LogP contribution in [-0.2, 0) is 6.42 Å². The molecule has 1 atom stereocenters. The smallest absolute Gasteiger partial charge is 0.0541 e. The maximum Gasteiger partial charge on any atom is 0.0541 e. The molecule has 2 heterocycles. The lowest BCUT2D eigenvalue weighted by Gasteiger charge is -2.16. The van der Waals surface area contributed by atoms with Gasteiger partial charge in [0.15, 0.2) is 0 Å². The highest BCUT2D eigenvalue weighted by Gasteiger charge is 2.18. The molecular formula is C49H37N3. The summed E-state index contributed by atoms with van der Waals surface area (Å²) in [6.45, 7) is 2.29. The minimum atomic E-state index is 0.531. The Morgan fingerprint density at radius 1 is 0.558 bits per heavy atom. The average Bonchev–Trinajstić information content (AvgIpc) is 3.73. The van der Waals surface area contributed by atoms with E-state index in [2.05, 4.69) is 198 Å². The van der Waals surface area contributed by atoms with Gasteiger partial charge in [0.1, 0.15) is 0 Å². The fourth-order valence-corrected chi connectivity index (χ4v) is 8.06. The van der Waals surface area contributed by atoms with Crippen molar-refractivity contribution in [3.63, 3.8) is 0 Å². The summed E-state index contributed by atoms with van der Waals surface area (Å²) < 4.78 is 2.39. The minimum absolute atomic E-state index is 0.531. The van der Waals surface area contributed by atoms with E-state index in [0.29, 0.717) is 5.92 Å². The van der Waals surface area contributed by atoms with Crippen molar-refractivity contribution in [2.45, 2.75) is 13.3 Å². The van der Waals surface area contributed by atoms with Gasteiger partial charge in [0.2, 0.25) is 0 Å². The van der Waals surface area contributed by atoms with Crippen LogP contribution in [0.4, 0.5) is 11.4 Å². The number of aromatic nitrogens is 2. The van der Waals surface area contributed by atoms with E-state index in [-0.39, 0.29) is 0 Å². The molecule has 0 radical (unpaired) electrons. The molecule has 1 aliphatic rings. The van der Waals surface area contributed by atoms with Gasteiger partial charge in [0.25, 0.3) is 0 Å². The van der Waals surface area contributed by atoms with E-state index in [1.54, 1.807) is 0 Å². The van der Waals surface area contributed by atoms with Gasteiger partial charge in [-0.25, -0.2) is 0 Å². The molecule has 2 N–H and O–H groups in total. The lowest BCUT2D eigenvalue weighted by Crippen LogP contribution is -2.01. The third kappa shape index (κ3) is 5.21. The molecule has 0 saturated carbocycles. The molecule has 2 aromatic heterocycles. The molecule has 0 spiro atoms. The van der Waals surface area contributed by atoms with E-state index in [0.717, 1.165) is 23.5 Å². The van der Waals surface area contributed by atoms with Gasteiger partial charge in [-0.2, -0.15) is 0 Å². The quantitative estimate of drug-likeness (QED) is 0.182. The molecule has 3 nitrogen and oxygen atoms in total. The number of rotatable bonds is 6. The van der Waals surface area contributed by atoms with Crippen LogP contribution in [0.1, 0.15) is 18.2 Å². The van der Waals surface area contributed by atoms with Gasteiger partial charge in [-0.3, -0.25) is 0 Å². The molecule has 0 fully saturated rings. The second-order valence-electron chi connectivity index (χ2n) is 14.1. The fraction of sp³-hybridized carbons (Fsp3) is 0.0612. The molecule has 1 aliphatic carbocycles. The van der Waals surface area contributed by atoms with E-state index < -0.39 is 0 Å². The highest BCUT2D eigenvalue weighted by atomic mass is 15.0. The van der Waals surface area contributed by atoms with Crippen molar-refractivity contribution in [3.05, 3.63) is 181 Å². The molecule has 52 heavy (non-hydrogen) atoms. The molecule has 7 aromatic carbocycles. The number of anilines is 2. The third-order valence-electron chi connectivity index (χ3n) is 10.7. The van der Waals surface area contributed by atoms with Gasteiger partial charge < -0.3 is 14.9 Å². The molecule has 10 rings (SSSR count). The van der Waals surface area contributed by atoms with Gasteiger partial charge in [-0.1, -0.05) is 110 Å². The molecule has 9 aromatic rings. The molecule has 0 aliphatic heterocycles. The number of hydrogen-bond acceptors (Lipinski definition) is 1. The van der Waals surface area contributed by atoms with Gasteiger partial charge in [0.05, 0.1) is 11.0 Å². The summed E-state index contributed by atoms with van der Waals surface area (Å²) in [5.74, 6) is 0.531. The Kier molecular flexibility index (Phi) is 7.17. The number of benzene rings is 7. The van der Waals surface area contributed by atoms with Crippen LogP contribution in [0.2, 0.25) is 0 Å². The minimum Gasteiger partial charge on any atom is -0.355 e. The molecular weight excluding hydrogens is 631 g/mol. The van der Waals surface area contributed by atoms with Crippen molar-refractivity contribution in [1.82, 2.24) is 9.55 Å². The Balaban J connectivity index is 1.10. The summed E-state index contributed by atoms with van der Waals surface area (Å²) in [5.41, 5.74) is 16.8. The molecule has 0 bridgehead atoms. The predicted molar refractivity (Wildman–Crippen MR) is 221 cm³/mol. The van der Waals surface area contributed by atoms with Crippen LogP contribution in [0.15, 0.2) is 170 Å². The molecule has 0 saturated heterocycles. The van der Waals surface area contributed by atoms with E-state index >= 15 is 0 Å². The maximum atomic E-state index is 3.73. The van der Waals surface area contributed by atoms with Crippen molar-refractivity contribution >= 4 is 50.2 Å². The van der Waals surface area contributed by atoms with Gasteiger partial charge in [-0.05, 0) is 119 Å². The first kappa shape index (κ1) is 30.3. The number of nitrogens with one attached hydrogen (secondary N) is 2. The van der Waals surface area contributed by atoms with Crippen molar-refractivity contribution in [3.8, 4) is 39.1 Å². The highest BCUT2D eigenvalue weighted by Crippen LogP contribution is 2.40. The van der Waals surface area contributed by atoms with Crippen molar-refractivity contribution in [1.29, 1.82) is 0 Å². The zero-order valence-electron chi connectivity index (χ0n) is 29.0. The van der Waals surface area contributed by atoms with Gasteiger partial charge in [0, 0.05) is 50.0 Å². The van der Waals surface area contributed by atoms with E-state index in [9.17, 15) is 0 Å². The SMILES string of the molecule is CC1C=Cc2[nH]c3ccc(-c4cc(-c5ccc6c(c5)c5ccccc5n6-c5ccc(-c6ccccc6)cc5)ccc4Nc4ccccc4)cc3c2C1. The summed E-state index contributed by atoms with van der Waals surface area (Å²) in [6.07, 6.45) is 5.61. The van der Waals surface area contributed by atoms with Crippen LogP contribution < -0.4 is 5.32 Å². The summed E-state index contributed by atoms with van der Waals surface area (Å²) in [5, 5.41) is 7.54. The number of para-hydroxylation sites is 2. The molecule has 1 unspecified atom stereocenters. The van der Waals surface area contributed by atoms with E-state index in [1.165, 1.54) is 77.3 Å². The predicted octanol–water partition coefficient (Wildman–Crippen LogP) is 13.2. The summed E-state index contributed by atoms with van der Waals surface area (Å²) in [4.78, 5) is 3.66. The van der Waals surface area contributed by atoms with E-state index in [4.69, 9.17) is 0 Å². The second kappa shape index (κ2) is 12.3. The Labute approximate surface area is 303 Å². The second-order valence-corrected chi connectivity index (χ2v) is 14.1. The Hall–Kier alpha value is -6.58. The zero-order chi connectivity index (χ0) is 34.6.